The lowest BCUT2D eigenvalue weighted by atomic mass is 9.85. The zero-order valence-electron chi connectivity index (χ0n) is 15.6. The highest BCUT2D eigenvalue weighted by Gasteiger charge is 2.33. The van der Waals surface area contributed by atoms with E-state index in [-0.39, 0.29) is 11.2 Å². The van der Waals surface area contributed by atoms with Gasteiger partial charge in [-0.25, -0.2) is 0 Å². The molecule has 1 aromatic carbocycles. The highest BCUT2D eigenvalue weighted by Crippen LogP contribution is 2.31. The molecule has 128 valence electrons. The first kappa shape index (κ1) is 19.4. The van der Waals surface area contributed by atoms with Gasteiger partial charge in [0.05, 0.1) is 0 Å². The maximum absolute atomic E-state index is 12.6. The molecule has 1 rings (SSSR count). The van der Waals surface area contributed by atoms with Gasteiger partial charge >= 0.3 is 0 Å². The quantitative estimate of drug-likeness (QED) is 0.690. The van der Waals surface area contributed by atoms with Crippen molar-refractivity contribution in [3.8, 4) is 5.75 Å². The molecule has 0 heterocycles. The standard InChI is InChI=1S/C20H30O3/c1-14-11-16(9-8-10-21)12-15(2)18(14)23-20(6,7)17(22)13-19(3,4)5/h10-12H,8-9,13H2,1-7H3. The van der Waals surface area contributed by atoms with Gasteiger partial charge in [-0.3, -0.25) is 4.79 Å². The highest BCUT2D eigenvalue weighted by atomic mass is 16.5. The molecular weight excluding hydrogens is 288 g/mol. The first-order chi connectivity index (χ1) is 10.5. The largest absolute Gasteiger partial charge is 0.480 e. The topological polar surface area (TPSA) is 43.4 Å². The summed E-state index contributed by atoms with van der Waals surface area (Å²) in [4.78, 5) is 23.1. The van der Waals surface area contributed by atoms with Gasteiger partial charge in [0.1, 0.15) is 12.0 Å². The van der Waals surface area contributed by atoms with Crippen LogP contribution in [-0.4, -0.2) is 17.7 Å². The van der Waals surface area contributed by atoms with Crippen LogP contribution >= 0.6 is 0 Å². The Kier molecular flexibility index (Phi) is 6.15. The Balaban J connectivity index is 2.99. The van der Waals surface area contributed by atoms with Crippen molar-refractivity contribution >= 4 is 12.1 Å². The molecular formula is C20H30O3. The van der Waals surface area contributed by atoms with Crippen LogP contribution in [0.5, 0.6) is 5.75 Å². The molecule has 0 bridgehead atoms. The van der Waals surface area contributed by atoms with Crippen molar-refractivity contribution in [2.24, 2.45) is 5.41 Å². The summed E-state index contributed by atoms with van der Waals surface area (Å²) in [6, 6.07) is 4.08. The Hall–Kier alpha value is -1.64. The van der Waals surface area contributed by atoms with Crippen molar-refractivity contribution in [1.82, 2.24) is 0 Å². The van der Waals surface area contributed by atoms with Crippen LogP contribution < -0.4 is 4.74 Å². The van der Waals surface area contributed by atoms with E-state index in [2.05, 4.69) is 20.8 Å². The van der Waals surface area contributed by atoms with Gasteiger partial charge in [0.15, 0.2) is 11.4 Å². The number of hydrogen-bond acceptors (Lipinski definition) is 3. The van der Waals surface area contributed by atoms with E-state index < -0.39 is 5.60 Å². The predicted octanol–water partition coefficient (Wildman–Crippen LogP) is 4.60. The minimum absolute atomic E-state index is 0.0551. The molecule has 0 aliphatic carbocycles. The first-order valence-corrected chi connectivity index (χ1v) is 8.22. The summed E-state index contributed by atoms with van der Waals surface area (Å²) in [5.41, 5.74) is 2.22. The summed E-state index contributed by atoms with van der Waals surface area (Å²) in [5, 5.41) is 0. The number of hydrogen-bond donors (Lipinski definition) is 0. The number of benzene rings is 1. The maximum Gasteiger partial charge on any atom is 0.176 e. The van der Waals surface area contributed by atoms with Gasteiger partial charge in [-0.2, -0.15) is 0 Å². The number of ether oxygens (including phenoxy) is 1. The molecule has 0 aromatic heterocycles. The Morgan fingerprint density at radius 3 is 2.04 bits per heavy atom. The van der Waals surface area contributed by atoms with E-state index in [1.54, 1.807) is 0 Å². The van der Waals surface area contributed by atoms with Gasteiger partial charge in [0.2, 0.25) is 0 Å². The molecule has 0 radical (unpaired) electrons. The van der Waals surface area contributed by atoms with E-state index in [0.29, 0.717) is 12.8 Å². The van der Waals surface area contributed by atoms with Gasteiger partial charge in [-0.15, -0.1) is 0 Å². The summed E-state index contributed by atoms with van der Waals surface area (Å²) in [6.45, 7) is 13.8. The Bertz CT molecular complexity index is 554. The molecule has 0 amide bonds. The first-order valence-electron chi connectivity index (χ1n) is 8.22. The Morgan fingerprint density at radius 1 is 1.09 bits per heavy atom. The van der Waals surface area contributed by atoms with Crippen molar-refractivity contribution in [3.05, 3.63) is 28.8 Å². The smallest absolute Gasteiger partial charge is 0.176 e. The van der Waals surface area contributed by atoms with Crippen LogP contribution in [0.2, 0.25) is 0 Å². The molecule has 0 aliphatic heterocycles. The number of Topliss-reactive ketones (excluding diaryl/α,β-unsaturated/α-hetero) is 1. The summed E-state index contributed by atoms with van der Waals surface area (Å²) in [5.74, 6) is 0.876. The average Bonchev–Trinajstić information content (AvgIpc) is 2.38. The van der Waals surface area contributed by atoms with Crippen molar-refractivity contribution in [2.45, 2.75) is 73.3 Å². The Labute approximate surface area is 140 Å². The van der Waals surface area contributed by atoms with Crippen LogP contribution in [0, 0.1) is 19.3 Å². The number of ketones is 1. The number of carbonyl (C=O) groups excluding carboxylic acids is 2. The van der Waals surface area contributed by atoms with Gasteiger partial charge in [0, 0.05) is 12.8 Å². The number of aldehydes is 1. The van der Waals surface area contributed by atoms with E-state index in [9.17, 15) is 9.59 Å². The van der Waals surface area contributed by atoms with Gasteiger partial charge in [-0.1, -0.05) is 32.9 Å². The van der Waals surface area contributed by atoms with Gasteiger partial charge in [0.25, 0.3) is 0 Å². The molecule has 0 unspecified atom stereocenters. The molecule has 0 N–H and O–H groups in total. The third kappa shape index (κ3) is 5.81. The molecule has 1 aromatic rings. The second-order valence-corrected chi connectivity index (χ2v) is 8.04. The molecule has 0 spiro atoms. The van der Waals surface area contributed by atoms with Gasteiger partial charge < -0.3 is 9.53 Å². The normalized spacial score (nSPS) is 12.1. The molecule has 0 saturated heterocycles. The Morgan fingerprint density at radius 2 is 1.61 bits per heavy atom. The third-order valence-electron chi connectivity index (χ3n) is 3.79. The highest BCUT2D eigenvalue weighted by molar-refractivity contribution is 5.87. The summed E-state index contributed by atoms with van der Waals surface area (Å²) >= 11 is 0. The lowest BCUT2D eigenvalue weighted by molar-refractivity contribution is -0.133. The van der Waals surface area contributed by atoms with E-state index in [1.165, 1.54) is 0 Å². The fraction of sp³-hybridized carbons (Fsp3) is 0.600. The van der Waals surface area contributed by atoms with Crippen LogP contribution in [0.15, 0.2) is 12.1 Å². The summed E-state index contributed by atoms with van der Waals surface area (Å²) < 4.78 is 6.11. The third-order valence-corrected chi connectivity index (χ3v) is 3.79. The van der Waals surface area contributed by atoms with Crippen LogP contribution in [0.3, 0.4) is 0 Å². The van der Waals surface area contributed by atoms with E-state index in [4.69, 9.17) is 4.74 Å². The SMILES string of the molecule is Cc1cc(CCC=O)cc(C)c1OC(C)(C)C(=O)CC(C)(C)C. The molecule has 0 atom stereocenters. The van der Waals surface area contributed by atoms with Crippen LogP contribution in [0.25, 0.3) is 0 Å². The lowest BCUT2D eigenvalue weighted by Crippen LogP contribution is -2.40. The fourth-order valence-electron chi connectivity index (χ4n) is 2.58. The molecule has 3 heteroatoms. The molecule has 3 nitrogen and oxygen atoms in total. The van der Waals surface area contributed by atoms with Crippen molar-refractivity contribution in [2.75, 3.05) is 0 Å². The van der Waals surface area contributed by atoms with Crippen molar-refractivity contribution in [3.63, 3.8) is 0 Å². The minimum Gasteiger partial charge on any atom is -0.480 e. The van der Waals surface area contributed by atoms with E-state index in [1.807, 2.05) is 39.8 Å². The number of aryl methyl sites for hydroxylation is 3. The zero-order chi connectivity index (χ0) is 17.8. The molecule has 0 saturated carbocycles. The minimum atomic E-state index is -0.854. The van der Waals surface area contributed by atoms with Crippen molar-refractivity contribution in [1.29, 1.82) is 0 Å². The molecule has 23 heavy (non-hydrogen) atoms. The van der Waals surface area contributed by atoms with E-state index >= 15 is 0 Å². The summed E-state index contributed by atoms with van der Waals surface area (Å²) in [6.07, 6.45) is 2.67. The second-order valence-electron chi connectivity index (χ2n) is 8.04. The number of carbonyl (C=O) groups is 2. The monoisotopic (exact) mass is 318 g/mol. The zero-order valence-corrected chi connectivity index (χ0v) is 15.6. The van der Waals surface area contributed by atoms with Gasteiger partial charge in [-0.05, 0) is 56.2 Å². The second kappa shape index (κ2) is 7.29. The summed E-state index contributed by atoms with van der Waals surface area (Å²) in [7, 11) is 0. The van der Waals surface area contributed by atoms with Crippen LogP contribution in [0.1, 0.15) is 64.2 Å². The van der Waals surface area contributed by atoms with Crippen LogP contribution in [-0.2, 0) is 16.0 Å². The van der Waals surface area contributed by atoms with E-state index in [0.717, 1.165) is 35.1 Å². The number of rotatable bonds is 7. The lowest BCUT2D eigenvalue weighted by Gasteiger charge is -2.30. The predicted molar refractivity (Wildman–Crippen MR) is 94.1 cm³/mol. The maximum atomic E-state index is 12.6. The van der Waals surface area contributed by atoms with Crippen LogP contribution in [0.4, 0.5) is 0 Å². The average molecular weight is 318 g/mol. The molecule has 0 aliphatic rings. The fourth-order valence-corrected chi connectivity index (χ4v) is 2.58. The molecule has 0 fully saturated rings. The van der Waals surface area contributed by atoms with Crippen molar-refractivity contribution < 1.29 is 14.3 Å².